The van der Waals surface area contributed by atoms with Gasteiger partial charge in [-0.15, -0.1) is 0 Å². The maximum atomic E-state index is 12.4. The molecule has 0 unspecified atom stereocenters. The van der Waals surface area contributed by atoms with E-state index in [-0.39, 0.29) is 36.9 Å². The lowest BCUT2D eigenvalue weighted by Gasteiger charge is -2.22. The molecule has 5 nitrogen and oxygen atoms in total. The van der Waals surface area contributed by atoms with Crippen LogP contribution in [0.15, 0.2) is 24.3 Å². The van der Waals surface area contributed by atoms with Gasteiger partial charge in [0, 0.05) is 31.5 Å². The number of unbranched alkanes of at least 4 members (excludes halogenated alkanes) is 2. The van der Waals surface area contributed by atoms with E-state index >= 15 is 0 Å². The maximum absolute atomic E-state index is 12.4. The number of esters is 1. The van der Waals surface area contributed by atoms with Gasteiger partial charge in [0.25, 0.3) is 0 Å². The Balaban J connectivity index is 2.55. The average molecular weight is 347 g/mol. The molecule has 0 spiro atoms. The van der Waals surface area contributed by atoms with Crippen molar-refractivity contribution in [2.24, 2.45) is 0 Å². The summed E-state index contributed by atoms with van der Waals surface area (Å²) in [7, 11) is 1.34. The van der Waals surface area contributed by atoms with E-state index in [0.29, 0.717) is 18.7 Å². The molecule has 0 aromatic heterocycles. The highest BCUT2D eigenvalue weighted by molar-refractivity contribution is 5.98. The molecule has 0 aliphatic carbocycles. The van der Waals surface area contributed by atoms with Gasteiger partial charge in [-0.3, -0.25) is 14.4 Å². The number of Topliss-reactive ketones (excluding diaryl/α,β-unsaturated/α-hetero) is 1. The summed E-state index contributed by atoms with van der Waals surface area (Å²) in [4.78, 5) is 37.7. The van der Waals surface area contributed by atoms with Crippen molar-refractivity contribution < 1.29 is 19.1 Å². The Morgan fingerprint density at radius 2 is 1.64 bits per heavy atom. The van der Waals surface area contributed by atoms with Crippen molar-refractivity contribution >= 4 is 17.7 Å². The molecular formula is C20H29NO4. The average Bonchev–Trinajstić information content (AvgIpc) is 2.62. The van der Waals surface area contributed by atoms with Crippen LogP contribution in [0.25, 0.3) is 0 Å². The molecule has 138 valence electrons. The van der Waals surface area contributed by atoms with Crippen LogP contribution in [0.2, 0.25) is 0 Å². The highest BCUT2D eigenvalue weighted by Crippen LogP contribution is 2.10. The van der Waals surface area contributed by atoms with E-state index in [9.17, 15) is 14.4 Å². The van der Waals surface area contributed by atoms with Gasteiger partial charge in [0.15, 0.2) is 5.78 Å². The van der Waals surface area contributed by atoms with E-state index in [1.807, 2.05) is 19.1 Å². The predicted molar refractivity (Wildman–Crippen MR) is 97.5 cm³/mol. The number of hydrogen-bond acceptors (Lipinski definition) is 4. The normalized spacial score (nSPS) is 10.4. The third kappa shape index (κ3) is 7.96. The van der Waals surface area contributed by atoms with E-state index in [2.05, 4.69) is 11.7 Å². The molecule has 1 aromatic rings. The standard InChI is InChI=1S/C20H29NO4/c1-4-5-6-14-21(15-13-20(24)25-3)19(23)12-11-18(22)17-9-7-16(2)8-10-17/h7-10H,4-6,11-15H2,1-3H3. The highest BCUT2D eigenvalue weighted by Gasteiger charge is 2.17. The molecule has 0 bridgehead atoms. The van der Waals surface area contributed by atoms with Gasteiger partial charge in [-0.25, -0.2) is 0 Å². The van der Waals surface area contributed by atoms with Gasteiger partial charge in [0.1, 0.15) is 0 Å². The molecule has 0 saturated carbocycles. The van der Waals surface area contributed by atoms with E-state index in [4.69, 9.17) is 0 Å². The summed E-state index contributed by atoms with van der Waals surface area (Å²) in [6.07, 6.45) is 3.52. The van der Waals surface area contributed by atoms with Crippen molar-refractivity contribution in [2.45, 2.75) is 52.4 Å². The topological polar surface area (TPSA) is 63.7 Å². The number of carbonyl (C=O) groups is 3. The largest absolute Gasteiger partial charge is 0.469 e. The number of rotatable bonds is 11. The third-order valence-electron chi connectivity index (χ3n) is 4.14. The van der Waals surface area contributed by atoms with Gasteiger partial charge in [-0.1, -0.05) is 49.6 Å². The Labute approximate surface area is 150 Å². The minimum Gasteiger partial charge on any atom is -0.469 e. The molecule has 0 aliphatic heterocycles. The van der Waals surface area contributed by atoms with Crippen LogP contribution in [0.4, 0.5) is 0 Å². The molecule has 1 rings (SSSR count). The van der Waals surface area contributed by atoms with Crippen molar-refractivity contribution in [1.29, 1.82) is 0 Å². The Morgan fingerprint density at radius 1 is 0.960 bits per heavy atom. The molecule has 0 radical (unpaired) electrons. The molecule has 0 N–H and O–H groups in total. The number of ketones is 1. The fourth-order valence-corrected chi connectivity index (χ4v) is 2.50. The number of benzene rings is 1. The minimum atomic E-state index is -0.330. The van der Waals surface area contributed by atoms with E-state index in [1.54, 1.807) is 17.0 Å². The number of carbonyl (C=O) groups excluding carboxylic acids is 3. The number of aryl methyl sites for hydroxylation is 1. The number of methoxy groups -OCH3 is 1. The molecule has 0 aliphatic rings. The number of nitrogens with zero attached hydrogens (tertiary/aromatic N) is 1. The number of hydrogen-bond donors (Lipinski definition) is 0. The zero-order chi connectivity index (χ0) is 18.7. The lowest BCUT2D eigenvalue weighted by Crippen LogP contribution is -2.34. The predicted octanol–water partition coefficient (Wildman–Crippen LogP) is 3.54. The highest BCUT2D eigenvalue weighted by atomic mass is 16.5. The molecule has 1 amide bonds. The maximum Gasteiger partial charge on any atom is 0.307 e. The van der Waals surface area contributed by atoms with Crippen LogP contribution in [0.3, 0.4) is 0 Å². The van der Waals surface area contributed by atoms with Gasteiger partial charge < -0.3 is 9.64 Å². The summed E-state index contributed by atoms with van der Waals surface area (Å²) in [6, 6.07) is 7.36. The molecule has 0 heterocycles. The summed E-state index contributed by atoms with van der Waals surface area (Å²) in [5.74, 6) is -0.445. The second kappa shape index (κ2) is 11.4. The van der Waals surface area contributed by atoms with Crippen LogP contribution in [-0.4, -0.2) is 42.8 Å². The fraction of sp³-hybridized carbons (Fsp3) is 0.550. The van der Waals surface area contributed by atoms with Crippen molar-refractivity contribution in [3.05, 3.63) is 35.4 Å². The monoisotopic (exact) mass is 347 g/mol. The van der Waals surface area contributed by atoms with E-state index in [0.717, 1.165) is 24.8 Å². The van der Waals surface area contributed by atoms with E-state index < -0.39 is 0 Å². The second-order valence-corrected chi connectivity index (χ2v) is 6.20. The van der Waals surface area contributed by atoms with Gasteiger partial charge in [-0.05, 0) is 13.3 Å². The SMILES string of the molecule is CCCCCN(CCC(=O)OC)C(=O)CCC(=O)c1ccc(C)cc1. The minimum absolute atomic E-state index is 0.0326. The third-order valence-corrected chi connectivity index (χ3v) is 4.14. The van der Waals surface area contributed by atoms with Crippen molar-refractivity contribution in [1.82, 2.24) is 4.90 Å². The smallest absolute Gasteiger partial charge is 0.307 e. The van der Waals surface area contributed by atoms with Crippen molar-refractivity contribution in [2.75, 3.05) is 20.2 Å². The second-order valence-electron chi connectivity index (χ2n) is 6.20. The van der Waals surface area contributed by atoms with Crippen LogP contribution in [0, 0.1) is 6.92 Å². The zero-order valence-electron chi connectivity index (χ0n) is 15.5. The van der Waals surface area contributed by atoms with Crippen LogP contribution >= 0.6 is 0 Å². The Bertz CT molecular complexity index is 566. The van der Waals surface area contributed by atoms with Crippen LogP contribution in [0.1, 0.15) is 61.4 Å². The first-order chi connectivity index (χ1) is 12.0. The number of amides is 1. The Hall–Kier alpha value is -2.17. The molecule has 0 atom stereocenters. The summed E-state index contributed by atoms with van der Waals surface area (Å²) >= 11 is 0. The summed E-state index contributed by atoms with van der Waals surface area (Å²) < 4.78 is 4.64. The quantitative estimate of drug-likeness (QED) is 0.349. The first kappa shape index (κ1) is 20.9. The van der Waals surface area contributed by atoms with E-state index in [1.165, 1.54) is 7.11 Å². The number of ether oxygens (including phenoxy) is 1. The van der Waals surface area contributed by atoms with Gasteiger partial charge in [0.2, 0.25) is 5.91 Å². The summed E-state index contributed by atoms with van der Waals surface area (Å²) in [5.41, 5.74) is 1.73. The van der Waals surface area contributed by atoms with Gasteiger partial charge >= 0.3 is 5.97 Å². The molecule has 0 saturated heterocycles. The Kier molecular flexibility index (Phi) is 9.51. The molecular weight excluding hydrogens is 318 g/mol. The van der Waals surface area contributed by atoms with Crippen LogP contribution < -0.4 is 0 Å². The lowest BCUT2D eigenvalue weighted by molar-refractivity contribution is -0.141. The summed E-state index contributed by atoms with van der Waals surface area (Å²) in [6.45, 7) is 5.02. The zero-order valence-corrected chi connectivity index (χ0v) is 15.5. The molecule has 25 heavy (non-hydrogen) atoms. The first-order valence-electron chi connectivity index (χ1n) is 8.92. The van der Waals surface area contributed by atoms with Crippen LogP contribution in [0.5, 0.6) is 0 Å². The van der Waals surface area contributed by atoms with Crippen LogP contribution in [-0.2, 0) is 14.3 Å². The van der Waals surface area contributed by atoms with Crippen molar-refractivity contribution in [3.63, 3.8) is 0 Å². The Morgan fingerprint density at radius 3 is 2.24 bits per heavy atom. The van der Waals surface area contributed by atoms with Gasteiger partial charge in [0.05, 0.1) is 13.5 Å². The van der Waals surface area contributed by atoms with Crippen molar-refractivity contribution in [3.8, 4) is 0 Å². The molecule has 0 fully saturated rings. The van der Waals surface area contributed by atoms with Gasteiger partial charge in [-0.2, -0.15) is 0 Å². The molecule has 5 heteroatoms. The lowest BCUT2D eigenvalue weighted by atomic mass is 10.0. The fourth-order valence-electron chi connectivity index (χ4n) is 2.50. The molecule has 1 aromatic carbocycles. The summed E-state index contributed by atoms with van der Waals surface area (Å²) in [5, 5.41) is 0. The first-order valence-corrected chi connectivity index (χ1v) is 8.92.